The van der Waals surface area contributed by atoms with Crippen LogP contribution in [0.25, 0.3) is 0 Å². The molecule has 0 aliphatic carbocycles. The van der Waals surface area contributed by atoms with E-state index in [-0.39, 0.29) is 6.09 Å². The number of nitrogens with zero attached hydrogens (tertiary/aromatic N) is 2. The van der Waals surface area contributed by atoms with E-state index >= 15 is 0 Å². The predicted octanol–water partition coefficient (Wildman–Crippen LogP) is 3.13. The minimum atomic E-state index is -0.450. The Kier molecular flexibility index (Phi) is 5.27. The lowest BCUT2D eigenvalue weighted by Gasteiger charge is -2.34. The van der Waals surface area contributed by atoms with Crippen molar-refractivity contribution in [2.75, 3.05) is 24.5 Å². The molecule has 1 N–H and O–H groups in total. The molecule has 1 aromatic heterocycles. The third-order valence-corrected chi connectivity index (χ3v) is 3.68. The molecule has 1 saturated heterocycles. The van der Waals surface area contributed by atoms with Gasteiger partial charge in [-0.3, -0.25) is 0 Å². The summed E-state index contributed by atoms with van der Waals surface area (Å²) in [4.78, 5) is 18.5. The number of ether oxygens (including phenoxy) is 1. The van der Waals surface area contributed by atoms with Crippen molar-refractivity contribution >= 4 is 11.9 Å². The zero-order valence-corrected chi connectivity index (χ0v) is 14.1. The van der Waals surface area contributed by atoms with E-state index in [0.717, 1.165) is 31.7 Å². The Balaban J connectivity index is 1.85. The molecule has 1 aliphatic heterocycles. The number of carbonyl (C=O) groups is 1. The topological polar surface area (TPSA) is 54.5 Å². The molecule has 5 heteroatoms. The standard InChI is InChI=1S/C17H27N3O2/c1-13-7-8-18-15(10-13)20-9-5-6-14(12-20)11-19-16(21)22-17(2,3)4/h7-8,10,14H,5-6,9,11-12H2,1-4H3,(H,19,21)/t14-/m0/s1. The highest BCUT2D eigenvalue weighted by Crippen LogP contribution is 2.21. The van der Waals surface area contributed by atoms with E-state index in [9.17, 15) is 4.79 Å². The number of hydrogen-bond donors (Lipinski definition) is 1. The summed E-state index contributed by atoms with van der Waals surface area (Å²) in [5, 5.41) is 2.88. The monoisotopic (exact) mass is 305 g/mol. The van der Waals surface area contributed by atoms with E-state index in [1.54, 1.807) is 0 Å². The van der Waals surface area contributed by atoms with Crippen molar-refractivity contribution in [1.82, 2.24) is 10.3 Å². The van der Waals surface area contributed by atoms with Gasteiger partial charge in [0.05, 0.1) is 0 Å². The van der Waals surface area contributed by atoms with Crippen LogP contribution in [0.5, 0.6) is 0 Å². The van der Waals surface area contributed by atoms with Gasteiger partial charge < -0.3 is 15.0 Å². The maximum Gasteiger partial charge on any atom is 0.407 e. The quantitative estimate of drug-likeness (QED) is 0.932. The molecule has 1 aromatic rings. The van der Waals surface area contributed by atoms with Gasteiger partial charge in [0, 0.05) is 25.8 Å². The van der Waals surface area contributed by atoms with E-state index < -0.39 is 5.60 Å². The Hall–Kier alpha value is -1.78. The molecule has 2 rings (SSSR count). The van der Waals surface area contributed by atoms with E-state index in [1.165, 1.54) is 5.56 Å². The van der Waals surface area contributed by atoms with Gasteiger partial charge in [-0.2, -0.15) is 0 Å². The molecule has 0 aromatic carbocycles. The van der Waals surface area contributed by atoms with Gasteiger partial charge >= 0.3 is 6.09 Å². The van der Waals surface area contributed by atoms with Crippen molar-refractivity contribution < 1.29 is 9.53 Å². The first-order valence-electron chi connectivity index (χ1n) is 7.98. The molecular formula is C17H27N3O2. The zero-order chi connectivity index (χ0) is 16.2. The van der Waals surface area contributed by atoms with E-state index in [4.69, 9.17) is 4.74 Å². The number of aryl methyl sites for hydroxylation is 1. The molecule has 0 radical (unpaired) electrons. The third kappa shape index (κ3) is 5.20. The van der Waals surface area contributed by atoms with Crippen LogP contribution >= 0.6 is 0 Å². The summed E-state index contributed by atoms with van der Waals surface area (Å²) in [5.41, 5.74) is 0.771. The average Bonchev–Trinajstić information content (AvgIpc) is 2.44. The highest BCUT2D eigenvalue weighted by Gasteiger charge is 2.22. The Labute approximate surface area is 133 Å². The minimum absolute atomic E-state index is 0.335. The minimum Gasteiger partial charge on any atom is -0.444 e. The first-order chi connectivity index (χ1) is 10.3. The van der Waals surface area contributed by atoms with Crippen molar-refractivity contribution in [1.29, 1.82) is 0 Å². The lowest BCUT2D eigenvalue weighted by molar-refractivity contribution is 0.0517. The van der Waals surface area contributed by atoms with Crippen LogP contribution in [0.4, 0.5) is 10.6 Å². The predicted molar refractivity (Wildman–Crippen MR) is 88.1 cm³/mol. The Morgan fingerprint density at radius 1 is 1.50 bits per heavy atom. The summed E-state index contributed by atoms with van der Waals surface area (Å²) in [6.07, 6.45) is 3.76. The maximum absolute atomic E-state index is 11.7. The first-order valence-corrected chi connectivity index (χ1v) is 7.98. The van der Waals surface area contributed by atoms with Gasteiger partial charge in [0.15, 0.2) is 0 Å². The van der Waals surface area contributed by atoms with Crippen LogP contribution in [0.3, 0.4) is 0 Å². The van der Waals surface area contributed by atoms with E-state index in [2.05, 4.69) is 28.2 Å². The van der Waals surface area contributed by atoms with Crippen molar-refractivity contribution in [2.45, 2.75) is 46.1 Å². The Bertz CT molecular complexity index is 511. The Morgan fingerprint density at radius 3 is 2.95 bits per heavy atom. The van der Waals surface area contributed by atoms with Crippen LogP contribution in [0.15, 0.2) is 18.3 Å². The first kappa shape index (κ1) is 16.6. The molecule has 0 bridgehead atoms. The fraction of sp³-hybridized carbons (Fsp3) is 0.647. The molecule has 0 spiro atoms. The number of aromatic nitrogens is 1. The van der Waals surface area contributed by atoms with Gasteiger partial charge in [-0.15, -0.1) is 0 Å². The number of alkyl carbamates (subject to hydrolysis) is 1. The molecule has 0 unspecified atom stereocenters. The molecule has 1 amide bonds. The van der Waals surface area contributed by atoms with Crippen LogP contribution in [0.1, 0.15) is 39.2 Å². The lowest BCUT2D eigenvalue weighted by Crippen LogP contribution is -2.42. The number of amides is 1. The van der Waals surface area contributed by atoms with Gasteiger partial charge in [-0.1, -0.05) is 0 Å². The second-order valence-corrected chi connectivity index (χ2v) is 7.03. The van der Waals surface area contributed by atoms with Crippen LogP contribution in [-0.4, -0.2) is 36.3 Å². The summed E-state index contributed by atoms with van der Waals surface area (Å²) in [7, 11) is 0. The molecule has 1 atom stereocenters. The van der Waals surface area contributed by atoms with Gasteiger partial charge in [0.25, 0.3) is 0 Å². The number of nitrogens with one attached hydrogen (secondary N) is 1. The average molecular weight is 305 g/mol. The molecule has 5 nitrogen and oxygen atoms in total. The van der Waals surface area contributed by atoms with Gasteiger partial charge in [0.2, 0.25) is 0 Å². The van der Waals surface area contributed by atoms with Crippen molar-refractivity contribution in [3.8, 4) is 0 Å². The number of carbonyl (C=O) groups excluding carboxylic acids is 1. The number of piperidine rings is 1. The largest absolute Gasteiger partial charge is 0.444 e. The summed E-state index contributed by atoms with van der Waals surface area (Å²) in [6, 6.07) is 4.12. The summed E-state index contributed by atoms with van der Waals surface area (Å²) >= 11 is 0. The second-order valence-electron chi connectivity index (χ2n) is 7.03. The number of pyridine rings is 1. The van der Waals surface area contributed by atoms with E-state index in [1.807, 2.05) is 33.0 Å². The zero-order valence-electron chi connectivity index (χ0n) is 14.1. The van der Waals surface area contributed by atoms with Crippen molar-refractivity contribution in [3.05, 3.63) is 23.9 Å². The van der Waals surface area contributed by atoms with Gasteiger partial charge in [-0.25, -0.2) is 9.78 Å². The van der Waals surface area contributed by atoms with Crippen LogP contribution < -0.4 is 10.2 Å². The summed E-state index contributed by atoms with van der Waals surface area (Å²) in [6.45, 7) is 10.3. The Morgan fingerprint density at radius 2 is 2.27 bits per heavy atom. The smallest absolute Gasteiger partial charge is 0.407 e. The van der Waals surface area contributed by atoms with Crippen molar-refractivity contribution in [3.63, 3.8) is 0 Å². The van der Waals surface area contributed by atoms with Crippen LogP contribution in [0, 0.1) is 12.8 Å². The molecular weight excluding hydrogens is 278 g/mol. The van der Waals surface area contributed by atoms with Gasteiger partial charge in [-0.05, 0) is 64.2 Å². The van der Waals surface area contributed by atoms with E-state index in [0.29, 0.717) is 12.5 Å². The molecule has 22 heavy (non-hydrogen) atoms. The fourth-order valence-electron chi connectivity index (χ4n) is 2.67. The SMILES string of the molecule is Cc1ccnc(N2CCC[C@@H](CNC(=O)OC(C)(C)C)C2)c1. The molecule has 0 saturated carbocycles. The third-order valence-electron chi connectivity index (χ3n) is 3.68. The highest BCUT2D eigenvalue weighted by molar-refractivity contribution is 5.67. The summed E-state index contributed by atoms with van der Waals surface area (Å²) in [5.74, 6) is 1.46. The molecule has 1 fully saturated rings. The fourth-order valence-corrected chi connectivity index (χ4v) is 2.67. The van der Waals surface area contributed by atoms with Crippen molar-refractivity contribution in [2.24, 2.45) is 5.92 Å². The molecule has 122 valence electrons. The number of anilines is 1. The maximum atomic E-state index is 11.7. The van der Waals surface area contributed by atoms with Crippen LogP contribution in [-0.2, 0) is 4.74 Å². The van der Waals surface area contributed by atoms with Gasteiger partial charge in [0.1, 0.15) is 11.4 Å². The molecule has 1 aliphatic rings. The summed E-state index contributed by atoms with van der Waals surface area (Å²) < 4.78 is 5.28. The second kappa shape index (κ2) is 6.99. The number of hydrogen-bond acceptors (Lipinski definition) is 4. The molecule has 2 heterocycles. The van der Waals surface area contributed by atoms with Crippen LogP contribution in [0.2, 0.25) is 0 Å². The lowest BCUT2D eigenvalue weighted by atomic mass is 9.98. The number of rotatable bonds is 3. The normalized spacial score (nSPS) is 18.9. The highest BCUT2D eigenvalue weighted by atomic mass is 16.6.